The molecule has 0 aromatic carbocycles. The number of aliphatic carboxylic acids is 1. The van der Waals surface area contributed by atoms with Gasteiger partial charge in [0.1, 0.15) is 5.78 Å². The molecule has 1 aliphatic rings. The van der Waals surface area contributed by atoms with Gasteiger partial charge < -0.3 is 10.2 Å². The first-order valence-corrected chi connectivity index (χ1v) is 10.2. The van der Waals surface area contributed by atoms with E-state index in [9.17, 15) is 14.7 Å². The Hall–Kier alpha value is -1.42. The van der Waals surface area contributed by atoms with E-state index >= 15 is 0 Å². The predicted molar refractivity (Wildman–Crippen MR) is 105 cm³/mol. The minimum Gasteiger partial charge on any atom is -0.478 e. The van der Waals surface area contributed by atoms with Crippen molar-refractivity contribution in [2.45, 2.75) is 84.2 Å². The average Bonchev–Trinajstić information content (AvgIpc) is 2.94. The van der Waals surface area contributed by atoms with Gasteiger partial charge in [-0.25, -0.2) is 4.79 Å². The molecule has 0 aliphatic heterocycles. The van der Waals surface area contributed by atoms with E-state index in [0.29, 0.717) is 18.1 Å². The standard InChI is InChI=1S/C22H36O4/c1-3-4-9-17(2)16-19(23)14-12-18-13-15-21(24)20(18)10-7-5-6-8-11-22(25)26/h8,11-12,14,17-20,23H,3-7,9-10,13,15-16H2,1-2H3,(H,25,26)/b11-8+,14-12+/t17-,18-,19+,20+/m0/s1. The number of Topliss-reactive ketones (excluding diaryl/α,β-unsaturated/α-hetero) is 1. The van der Waals surface area contributed by atoms with Gasteiger partial charge in [-0.05, 0) is 43.9 Å². The third kappa shape index (κ3) is 9.33. The Morgan fingerprint density at radius 1 is 1.31 bits per heavy atom. The Morgan fingerprint density at radius 3 is 2.77 bits per heavy atom. The van der Waals surface area contributed by atoms with Crippen LogP contribution in [0.15, 0.2) is 24.3 Å². The molecule has 2 N–H and O–H groups in total. The molecule has 1 aliphatic carbocycles. The Balaban J connectivity index is 2.37. The van der Waals surface area contributed by atoms with E-state index < -0.39 is 12.1 Å². The van der Waals surface area contributed by atoms with Gasteiger partial charge in [-0.3, -0.25) is 4.79 Å². The van der Waals surface area contributed by atoms with Crippen LogP contribution in [0.2, 0.25) is 0 Å². The summed E-state index contributed by atoms with van der Waals surface area (Å²) in [6.07, 6.45) is 15.7. The minimum absolute atomic E-state index is 0.0689. The van der Waals surface area contributed by atoms with Crippen LogP contribution >= 0.6 is 0 Å². The summed E-state index contributed by atoms with van der Waals surface area (Å²) in [5.74, 6) is 0.266. The fourth-order valence-corrected chi connectivity index (χ4v) is 3.78. The number of rotatable bonds is 13. The Bertz CT molecular complexity index is 481. The van der Waals surface area contributed by atoms with Crippen LogP contribution in [0, 0.1) is 17.8 Å². The second-order valence-corrected chi connectivity index (χ2v) is 7.74. The molecule has 1 rings (SSSR count). The maximum absolute atomic E-state index is 12.1. The number of carboxylic acids is 1. The van der Waals surface area contributed by atoms with Crippen molar-refractivity contribution in [3.05, 3.63) is 24.3 Å². The first-order chi connectivity index (χ1) is 12.4. The molecule has 148 valence electrons. The van der Waals surface area contributed by atoms with E-state index in [1.165, 1.54) is 18.9 Å². The van der Waals surface area contributed by atoms with Gasteiger partial charge in [-0.2, -0.15) is 0 Å². The van der Waals surface area contributed by atoms with Crippen LogP contribution in [-0.2, 0) is 9.59 Å². The second-order valence-electron chi connectivity index (χ2n) is 7.74. The summed E-state index contributed by atoms with van der Waals surface area (Å²) >= 11 is 0. The highest BCUT2D eigenvalue weighted by Crippen LogP contribution is 2.34. The molecule has 4 nitrogen and oxygen atoms in total. The van der Waals surface area contributed by atoms with Gasteiger partial charge in [0.05, 0.1) is 6.10 Å². The lowest BCUT2D eigenvalue weighted by atomic mass is 9.89. The zero-order valence-electron chi connectivity index (χ0n) is 16.4. The molecule has 0 radical (unpaired) electrons. The van der Waals surface area contributed by atoms with E-state index in [1.54, 1.807) is 6.08 Å². The summed E-state index contributed by atoms with van der Waals surface area (Å²) in [6, 6.07) is 0. The summed E-state index contributed by atoms with van der Waals surface area (Å²) in [5, 5.41) is 18.8. The number of aliphatic hydroxyl groups excluding tert-OH is 1. The number of ketones is 1. The summed E-state index contributed by atoms with van der Waals surface area (Å²) < 4.78 is 0. The number of carbonyl (C=O) groups excluding carboxylic acids is 1. The van der Waals surface area contributed by atoms with Gasteiger partial charge in [0, 0.05) is 18.4 Å². The van der Waals surface area contributed by atoms with E-state index in [4.69, 9.17) is 5.11 Å². The predicted octanol–water partition coefficient (Wildman–Crippen LogP) is 4.92. The number of unbranched alkanes of at least 4 members (excludes halogenated alkanes) is 3. The number of carboxylic acid groups (broad SMARTS) is 1. The van der Waals surface area contributed by atoms with E-state index in [2.05, 4.69) is 19.9 Å². The summed E-state index contributed by atoms with van der Waals surface area (Å²) in [5.41, 5.74) is 0. The van der Waals surface area contributed by atoms with Crippen LogP contribution in [0.5, 0.6) is 0 Å². The molecule has 0 unspecified atom stereocenters. The van der Waals surface area contributed by atoms with Crippen molar-refractivity contribution in [1.82, 2.24) is 0 Å². The molecule has 0 heterocycles. The van der Waals surface area contributed by atoms with E-state index in [0.717, 1.165) is 44.9 Å². The summed E-state index contributed by atoms with van der Waals surface area (Å²) in [6.45, 7) is 4.37. The lowest BCUT2D eigenvalue weighted by Crippen LogP contribution is -2.14. The second kappa shape index (κ2) is 12.9. The van der Waals surface area contributed by atoms with E-state index in [1.807, 2.05) is 6.08 Å². The number of hydrogen-bond acceptors (Lipinski definition) is 3. The molecule has 0 amide bonds. The topological polar surface area (TPSA) is 74.6 Å². The monoisotopic (exact) mass is 364 g/mol. The highest BCUT2D eigenvalue weighted by atomic mass is 16.4. The van der Waals surface area contributed by atoms with Gasteiger partial charge >= 0.3 is 5.97 Å². The molecule has 0 aromatic heterocycles. The molecule has 4 atom stereocenters. The van der Waals surface area contributed by atoms with Crippen molar-refractivity contribution in [2.24, 2.45) is 17.8 Å². The maximum atomic E-state index is 12.1. The van der Waals surface area contributed by atoms with Crippen molar-refractivity contribution in [2.75, 3.05) is 0 Å². The molecule has 26 heavy (non-hydrogen) atoms. The normalized spacial score (nSPS) is 23.1. The largest absolute Gasteiger partial charge is 0.478 e. The number of hydrogen-bond donors (Lipinski definition) is 2. The van der Waals surface area contributed by atoms with Crippen LogP contribution in [-0.4, -0.2) is 28.1 Å². The van der Waals surface area contributed by atoms with Crippen molar-refractivity contribution in [3.8, 4) is 0 Å². The fraction of sp³-hybridized carbons (Fsp3) is 0.727. The lowest BCUT2D eigenvalue weighted by molar-refractivity contribution is -0.131. The van der Waals surface area contributed by atoms with Crippen LogP contribution in [0.4, 0.5) is 0 Å². The minimum atomic E-state index is -0.913. The average molecular weight is 365 g/mol. The first kappa shape index (κ1) is 22.6. The lowest BCUT2D eigenvalue weighted by Gasteiger charge is -2.17. The summed E-state index contributed by atoms with van der Waals surface area (Å²) in [7, 11) is 0. The van der Waals surface area contributed by atoms with Crippen LogP contribution in [0.1, 0.15) is 78.1 Å². The SMILES string of the molecule is CCCC[C@H](C)C[C@H](O)/C=C/[C@H]1CCC(=O)[C@@H]1CCCC/C=C/C(=O)O. The number of allylic oxidation sites excluding steroid dienone is 2. The van der Waals surface area contributed by atoms with Gasteiger partial charge in [-0.15, -0.1) is 0 Å². The van der Waals surface area contributed by atoms with Crippen molar-refractivity contribution in [3.63, 3.8) is 0 Å². The molecular weight excluding hydrogens is 328 g/mol. The Morgan fingerprint density at radius 2 is 2.08 bits per heavy atom. The Labute approximate surface area is 158 Å². The molecule has 0 aromatic rings. The Kier molecular flexibility index (Phi) is 11.2. The van der Waals surface area contributed by atoms with E-state index in [-0.39, 0.29) is 11.8 Å². The molecule has 0 bridgehead atoms. The van der Waals surface area contributed by atoms with Gasteiger partial charge in [0.25, 0.3) is 0 Å². The highest BCUT2D eigenvalue weighted by molar-refractivity contribution is 5.83. The van der Waals surface area contributed by atoms with Gasteiger partial charge in [0.2, 0.25) is 0 Å². The molecular formula is C22H36O4. The van der Waals surface area contributed by atoms with Crippen LogP contribution in [0.25, 0.3) is 0 Å². The van der Waals surface area contributed by atoms with Crippen LogP contribution in [0.3, 0.4) is 0 Å². The third-order valence-corrected chi connectivity index (χ3v) is 5.33. The quantitative estimate of drug-likeness (QED) is 0.276. The van der Waals surface area contributed by atoms with Crippen molar-refractivity contribution < 1.29 is 19.8 Å². The summed E-state index contributed by atoms with van der Waals surface area (Å²) in [4.78, 5) is 22.6. The van der Waals surface area contributed by atoms with Crippen molar-refractivity contribution in [1.29, 1.82) is 0 Å². The third-order valence-electron chi connectivity index (χ3n) is 5.33. The first-order valence-electron chi connectivity index (χ1n) is 10.2. The number of aliphatic hydroxyl groups is 1. The molecule has 1 saturated carbocycles. The zero-order chi connectivity index (χ0) is 19.4. The fourth-order valence-electron chi connectivity index (χ4n) is 3.78. The molecule has 0 saturated heterocycles. The molecule has 4 heteroatoms. The van der Waals surface area contributed by atoms with Gasteiger partial charge in [0.15, 0.2) is 0 Å². The smallest absolute Gasteiger partial charge is 0.327 e. The number of carbonyl (C=O) groups is 2. The van der Waals surface area contributed by atoms with Crippen molar-refractivity contribution >= 4 is 11.8 Å². The van der Waals surface area contributed by atoms with Gasteiger partial charge in [-0.1, -0.05) is 57.8 Å². The van der Waals surface area contributed by atoms with Crippen LogP contribution < -0.4 is 0 Å². The highest BCUT2D eigenvalue weighted by Gasteiger charge is 2.32. The molecule has 0 spiro atoms. The maximum Gasteiger partial charge on any atom is 0.327 e. The molecule has 1 fully saturated rings. The zero-order valence-corrected chi connectivity index (χ0v) is 16.4.